The third-order valence-electron chi connectivity index (χ3n) is 2.65. The fourth-order valence-corrected chi connectivity index (χ4v) is 1.51. The number of carboxylic acid groups (broad SMARTS) is 1. The van der Waals surface area contributed by atoms with Gasteiger partial charge in [0.05, 0.1) is 11.3 Å². The number of hydrogen-bond acceptors (Lipinski definition) is 2. The second-order valence-corrected chi connectivity index (χ2v) is 4.42. The lowest BCUT2D eigenvalue weighted by Crippen LogP contribution is -2.30. The first-order valence-electron chi connectivity index (χ1n) is 6.50. The molecule has 4 nitrogen and oxygen atoms in total. The van der Waals surface area contributed by atoms with E-state index in [0.29, 0.717) is 6.42 Å². The van der Waals surface area contributed by atoms with Crippen molar-refractivity contribution < 1.29 is 27.9 Å². The number of carbonyl (C=O) groups is 2. The van der Waals surface area contributed by atoms with E-state index >= 15 is 0 Å². The van der Waals surface area contributed by atoms with Crippen LogP contribution in [0.1, 0.15) is 42.1 Å². The number of hydrogen-bond donors (Lipinski definition) is 2. The molecule has 2 N–H and O–H groups in total. The Hall–Kier alpha value is -2.49. The molecule has 1 aromatic rings. The molecule has 0 aliphatic carbocycles. The van der Waals surface area contributed by atoms with Crippen molar-refractivity contribution >= 4 is 17.6 Å². The van der Waals surface area contributed by atoms with Gasteiger partial charge < -0.3 is 10.4 Å². The number of amides is 1. The molecule has 118 valence electrons. The summed E-state index contributed by atoms with van der Waals surface area (Å²) in [6, 6.07) is 3.44. The molecule has 0 atom stereocenters. The summed E-state index contributed by atoms with van der Waals surface area (Å²) >= 11 is 0. The zero-order chi connectivity index (χ0) is 16.8. The van der Waals surface area contributed by atoms with E-state index in [4.69, 9.17) is 5.11 Å². The predicted molar refractivity (Wildman–Crippen MR) is 74.5 cm³/mol. The van der Waals surface area contributed by atoms with Gasteiger partial charge in [-0.3, -0.25) is 4.79 Å². The molecule has 0 radical (unpaired) electrons. The highest BCUT2D eigenvalue weighted by molar-refractivity contribution is 5.98. The molecule has 0 spiro atoms. The summed E-state index contributed by atoms with van der Waals surface area (Å²) in [5.41, 5.74) is -0.374. The Bertz CT molecular complexity index is 627. The molecule has 1 amide bonds. The molecule has 22 heavy (non-hydrogen) atoms. The van der Waals surface area contributed by atoms with Crippen LogP contribution in [0.3, 0.4) is 0 Å². The smallest absolute Gasteiger partial charge is 0.471 e. The molecular weight excluding hydrogens is 299 g/mol. The Morgan fingerprint density at radius 2 is 2.00 bits per heavy atom. The predicted octanol–water partition coefficient (Wildman–Crippen LogP) is 3.43. The number of rotatable bonds is 4. The lowest BCUT2D eigenvalue weighted by molar-refractivity contribution is -0.167. The third-order valence-corrected chi connectivity index (χ3v) is 2.65. The third kappa shape index (κ3) is 5.13. The van der Waals surface area contributed by atoms with Crippen molar-refractivity contribution in [3.8, 4) is 11.8 Å². The Kier molecular flexibility index (Phi) is 5.99. The Labute approximate surface area is 125 Å². The minimum atomic E-state index is -5.06. The van der Waals surface area contributed by atoms with Crippen LogP contribution in [0.15, 0.2) is 18.2 Å². The van der Waals surface area contributed by atoms with Crippen molar-refractivity contribution in [1.82, 2.24) is 0 Å². The Morgan fingerprint density at radius 3 is 2.55 bits per heavy atom. The summed E-state index contributed by atoms with van der Waals surface area (Å²) in [7, 11) is 0. The highest BCUT2D eigenvalue weighted by Gasteiger charge is 2.39. The molecule has 0 saturated carbocycles. The van der Waals surface area contributed by atoms with Gasteiger partial charge in [0.25, 0.3) is 0 Å². The fraction of sp³-hybridized carbons (Fsp3) is 0.333. The summed E-state index contributed by atoms with van der Waals surface area (Å²) < 4.78 is 36.9. The number of halogens is 3. The van der Waals surface area contributed by atoms with Gasteiger partial charge in [-0.2, -0.15) is 13.2 Å². The van der Waals surface area contributed by atoms with Crippen LogP contribution in [0.5, 0.6) is 0 Å². The number of benzene rings is 1. The number of carboxylic acids is 1. The van der Waals surface area contributed by atoms with Crippen LogP contribution < -0.4 is 5.32 Å². The van der Waals surface area contributed by atoms with Crippen molar-refractivity contribution in [3.63, 3.8) is 0 Å². The SMILES string of the molecule is CCCCC#Cc1ccc(C(=O)O)cc1NC(=O)C(F)(F)F. The van der Waals surface area contributed by atoms with Crippen molar-refractivity contribution in [2.45, 2.75) is 32.4 Å². The maximum atomic E-state index is 12.3. The van der Waals surface area contributed by atoms with Gasteiger partial charge in [-0.05, 0) is 24.6 Å². The van der Waals surface area contributed by atoms with Crippen LogP contribution >= 0.6 is 0 Å². The first kappa shape index (κ1) is 17.6. The number of nitrogens with one attached hydrogen (secondary N) is 1. The van der Waals surface area contributed by atoms with Crippen LogP contribution in [0, 0.1) is 11.8 Å². The second kappa shape index (κ2) is 7.50. The molecule has 0 unspecified atom stereocenters. The number of alkyl halides is 3. The van der Waals surface area contributed by atoms with Gasteiger partial charge in [0.2, 0.25) is 0 Å². The molecule has 0 aliphatic rings. The van der Waals surface area contributed by atoms with E-state index in [0.717, 1.165) is 18.9 Å². The van der Waals surface area contributed by atoms with Crippen molar-refractivity contribution in [1.29, 1.82) is 0 Å². The topological polar surface area (TPSA) is 66.4 Å². The summed E-state index contributed by atoms with van der Waals surface area (Å²) in [4.78, 5) is 21.9. The van der Waals surface area contributed by atoms with E-state index < -0.39 is 18.1 Å². The number of unbranched alkanes of at least 4 members (excludes halogenated alkanes) is 2. The van der Waals surface area contributed by atoms with Crippen LogP contribution in [-0.4, -0.2) is 23.2 Å². The monoisotopic (exact) mass is 313 g/mol. The molecule has 0 bridgehead atoms. The van der Waals surface area contributed by atoms with Gasteiger partial charge in [0.15, 0.2) is 0 Å². The van der Waals surface area contributed by atoms with E-state index in [1.54, 1.807) is 5.32 Å². The zero-order valence-corrected chi connectivity index (χ0v) is 11.8. The van der Waals surface area contributed by atoms with Crippen LogP contribution in [0.25, 0.3) is 0 Å². The van der Waals surface area contributed by atoms with E-state index in [2.05, 4.69) is 11.8 Å². The maximum Gasteiger partial charge on any atom is 0.471 e. The standard InChI is InChI=1S/C15H14F3NO3/c1-2-3-4-5-6-10-7-8-11(13(20)21)9-12(10)19-14(22)15(16,17)18/h7-9H,2-4H2,1H3,(H,19,22)(H,20,21). The highest BCUT2D eigenvalue weighted by atomic mass is 19.4. The average Bonchev–Trinajstić information content (AvgIpc) is 2.43. The molecular formula is C15H14F3NO3. The maximum absolute atomic E-state index is 12.3. The van der Waals surface area contributed by atoms with Crippen LogP contribution in [0.2, 0.25) is 0 Å². The molecule has 0 fully saturated rings. The summed E-state index contributed by atoms with van der Waals surface area (Å²) in [5.74, 6) is 1.93. The van der Waals surface area contributed by atoms with Crippen molar-refractivity contribution in [2.75, 3.05) is 5.32 Å². The van der Waals surface area contributed by atoms with Gasteiger partial charge in [0, 0.05) is 12.0 Å². The van der Waals surface area contributed by atoms with E-state index in [1.165, 1.54) is 12.1 Å². The van der Waals surface area contributed by atoms with Gasteiger partial charge in [-0.1, -0.05) is 25.2 Å². The molecule has 1 rings (SSSR count). The van der Waals surface area contributed by atoms with Gasteiger partial charge >= 0.3 is 18.1 Å². The number of carbonyl (C=O) groups excluding carboxylic acids is 1. The first-order valence-corrected chi connectivity index (χ1v) is 6.50. The largest absolute Gasteiger partial charge is 0.478 e. The van der Waals surface area contributed by atoms with Gasteiger partial charge in [-0.15, -0.1) is 0 Å². The lowest BCUT2D eigenvalue weighted by Gasteiger charge is -2.10. The molecule has 0 aliphatic heterocycles. The molecule has 0 aromatic heterocycles. The lowest BCUT2D eigenvalue weighted by atomic mass is 10.1. The summed E-state index contributed by atoms with van der Waals surface area (Å²) in [6.45, 7) is 1.97. The Balaban J connectivity index is 3.12. The molecule has 0 saturated heterocycles. The van der Waals surface area contributed by atoms with Crippen molar-refractivity contribution in [2.24, 2.45) is 0 Å². The van der Waals surface area contributed by atoms with E-state index in [-0.39, 0.29) is 16.8 Å². The molecule has 7 heteroatoms. The van der Waals surface area contributed by atoms with Crippen LogP contribution in [0.4, 0.5) is 18.9 Å². The zero-order valence-electron chi connectivity index (χ0n) is 11.8. The van der Waals surface area contributed by atoms with E-state index in [9.17, 15) is 22.8 Å². The highest BCUT2D eigenvalue weighted by Crippen LogP contribution is 2.22. The summed E-state index contributed by atoms with van der Waals surface area (Å²) in [5, 5.41) is 10.5. The minimum absolute atomic E-state index is 0.138. The Morgan fingerprint density at radius 1 is 1.32 bits per heavy atom. The van der Waals surface area contributed by atoms with Gasteiger partial charge in [-0.25, -0.2) is 4.79 Å². The van der Waals surface area contributed by atoms with Crippen LogP contribution in [-0.2, 0) is 4.79 Å². The van der Waals surface area contributed by atoms with Crippen molar-refractivity contribution in [3.05, 3.63) is 29.3 Å². The number of aromatic carboxylic acids is 1. The average molecular weight is 313 g/mol. The minimum Gasteiger partial charge on any atom is -0.478 e. The normalized spacial score (nSPS) is 10.5. The molecule has 0 heterocycles. The van der Waals surface area contributed by atoms with E-state index in [1.807, 2.05) is 6.92 Å². The molecule has 1 aromatic carbocycles. The second-order valence-electron chi connectivity index (χ2n) is 4.42. The summed E-state index contributed by atoms with van der Waals surface area (Å²) in [6.07, 6.45) is -2.75. The quantitative estimate of drug-likeness (QED) is 0.661. The fourth-order valence-electron chi connectivity index (χ4n) is 1.51. The first-order chi connectivity index (χ1) is 10.3. The van der Waals surface area contributed by atoms with Gasteiger partial charge in [0.1, 0.15) is 0 Å². The number of anilines is 1.